The highest BCUT2D eigenvalue weighted by atomic mass is 16.7. The Morgan fingerprint density at radius 3 is 2.38 bits per heavy atom. The molecule has 1 heterocycles. The molecule has 40 heavy (non-hydrogen) atoms. The molecule has 6 N–H and O–H groups in total. The topological polar surface area (TPSA) is 131 Å². The summed E-state index contributed by atoms with van der Waals surface area (Å²) in [5.74, 6) is 0.596. The summed E-state index contributed by atoms with van der Waals surface area (Å²) in [5.41, 5.74) is 0.870. The molecule has 0 amide bonds. The van der Waals surface area contributed by atoms with Gasteiger partial charge in [0.1, 0.15) is 24.4 Å². The van der Waals surface area contributed by atoms with Crippen molar-refractivity contribution in [2.75, 3.05) is 6.61 Å². The predicted octanol–water partition coefficient (Wildman–Crippen LogP) is 3.78. The molecule has 0 radical (unpaired) electrons. The number of hydrogen-bond acceptors (Lipinski definition) is 7. The molecule has 14 atom stereocenters. The average molecular weight is 565 g/mol. The van der Waals surface area contributed by atoms with E-state index in [0.717, 1.165) is 36.7 Å². The second-order valence-corrected chi connectivity index (χ2v) is 15.3. The van der Waals surface area contributed by atoms with Gasteiger partial charge in [-0.2, -0.15) is 0 Å². The molecule has 0 spiro atoms. The van der Waals surface area contributed by atoms with Crippen molar-refractivity contribution in [1.82, 2.24) is 0 Å². The van der Waals surface area contributed by atoms with Crippen molar-refractivity contribution >= 4 is 0 Å². The first-order valence-corrected chi connectivity index (χ1v) is 16.2. The number of ether oxygens (including phenoxy) is 1. The van der Waals surface area contributed by atoms with Crippen LogP contribution in [-0.4, -0.2) is 73.6 Å². The van der Waals surface area contributed by atoms with Crippen molar-refractivity contribution in [3.05, 3.63) is 11.6 Å². The average Bonchev–Trinajstić information content (AvgIpc) is 3.26. The molecule has 7 heteroatoms. The van der Waals surface area contributed by atoms with Gasteiger partial charge in [0.05, 0.1) is 12.7 Å². The largest absolute Gasteiger partial charge is 0.394 e. The van der Waals surface area contributed by atoms with Crippen LogP contribution >= 0.6 is 0 Å². The number of aliphatic hydroxyl groups is 6. The highest BCUT2D eigenvalue weighted by Gasteiger charge is 2.67. The van der Waals surface area contributed by atoms with E-state index in [1.54, 1.807) is 0 Å². The highest BCUT2D eigenvalue weighted by Crippen LogP contribution is 2.69. The Hall–Kier alpha value is -0.540. The summed E-state index contributed by atoms with van der Waals surface area (Å²) in [6, 6.07) is 0. The number of hydrogen-bond donors (Lipinski definition) is 6. The smallest absolute Gasteiger partial charge is 0.198 e. The van der Waals surface area contributed by atoms with Gasteiger partial charge in [-0.3, -0.25) is 0 Å². The molecule has 230 valence electrons. The lowest BCUT2D eigenvalue weighted by Gasteiger charge is -2.63. The molecule has 3 saturated carbocycles. The van der Waals surface area contributed by atoms with Crippen molar-refractivity contribution < 1.29 is 35.4 Å². The summed E-state index contributed by atoms with van der Waals surface area (Å²) in [7, 11) is 0. The molecule has 0 aromatic rings. The van der Waals surface area contributed by atoms with Gasteiger partial charge in [-0.05, 0) is 91.3 Å². The first-order valence-electron chi connectivity index (χ1n) is 16.2. The van der Waals surface area contributed by atoms with Crippen LogP contribution in [-0.2, 0) is 4.74 Å². The van der Waals surface area contributed by atoms with Crippen molar-refractivity contribution in [2.24, 2.45) is 52.3 Å². The maximum absolute atomic E-state index is 12.0. The summed E-state index contributed by atoms with van der Waals surface area (Å²) in [6.45, 7) is 11.2. The van der Waals surface area contributed by atoms with E-state index in [9.17, 15) is 30.6 Å². The molecule has 0 bridgehead atoms. The Labute approximate surface area is 241 Å². The lowest BCUT2D eigenvalue weighted by atomic mass is 9.43. The maximum Gasteiger partial charge on any atom is 0.198 e. The quantitative estimate of drug-likeness (QED) is 0.260. The van der Waals surface area contributed by atoms with Gasteiger partial charge < -0.3 is 35.4 Å². The van der Waals surface area contributed by atoms with Crippen molar-refractivity contribution in [3.8, 4) is 0 Å². The summed E-state index contributed by atoms with van der Waals surface area (Å²) in [4.78, 5) is 0. The zero-order valence-corrected chi connectivity index (χ0v) is 25.4. The summed E-state index contributed by atoms with van der Waals surface area (Å²) in [5, 5.41) is 65.1. The van der Waals surface area contributed by atoms with Crippen molar-refractivity contribution in [1.29, 1.82) is 0 Å². The second kappa shape index (κ2) is 11.2. The minimum Gasteiger partial charge on any atom is -0.394 e. The van der Waals surface area contributed by atoms with E-state index in [-0.39, 0.29) is 12.3 Å². The zero-order valence-electron chi connectivity index (χ0n) is 25.4. The molecule has 0 aromatic carbocycles. The fourth-order valence-corrected chi connectivity index (χ4v) is 10.8. The van der Waals surface area contributed by atoms with Crippen molar-refractivity contribution in [3.63, 3.8) is 0 Å². The molecule has 1 saturated heterocycles. The molecule has 5 rings (SSSR count). The molecular weight excluding hydrogens is 508 g/mol. The standard InChI is InChI=1S/C33H56O7/c1-18(2)7-6-8-19(3)23-11-12-24-22-10-9-20-15-21(35)16-27(32(20,5)25(22)13-14-31(23,24)4)33(39)30(38)29(37)28(36)26(17-34)40-33/h9,18-19,21-30,34-39H,6-8,10-17H2,1-5H3/t19-,21-,22+,23-,24+,25+,26?,27?,28?,29?,30?,31-,32-,33?/m1/s1. The first-order chi connectivity index (χ1) is 18.8. The van der Waals surface area contributed by atoms with Gasteiger partial charge in [0.2, 0.25) is 0 Å². The minimum atomic E-state index is -2.20. The fourth-order valence-electron chi connectivity index (χ4n) is 10.8. The van der Waals surface area contributed by atoms with Crippen LogP contribution in [0.4, 0.5) is 0 Å². The molecular formula is C33H56O7. The normalized spacial score (nSPS) is 51.5. The van der Waals surface area contributed by atoms with Crippen LogP contribution in [0, 0.1) is 52.3 Å². The van der Waals surface area contributed by atoms with Gasteiger partial charge in [0.15, 0.2) is 5.79 Å². The van der Waals surface area contributed by atoms with Crippen LogP contribution in [0.25, 0.3) is 0 Å². The van der Waals surface area contributed by atoms with Crippen LogP contribution in [0.5, 0.6) is 0 Å². The number of aliphatic hydroxyl groups excluding tert-OH is 5. The maximum atomic E-state index is 12.0. The van der Waals surface area contributed by atoms with Crippen LogP contribution in [0.1, 0.15) is 98.8 Å². The van der Waals surface area contributed by atoms with Crippen LogP contribution in [0.3, 0.4) is 0 Å². The Bertz CT molecular complexity index is 936. The van der Waals surface area contributed by atoms with Gasteiger partial charge >= 0.3 is 0 Å². The monoisotopic (exact) mass is 564 g/mol. The molecule has 7 nitrogen and oxygen atoms in total. The third kappa shape index (κ3) is 4.74. The van der Waals surface area contributed by atoms with E-state index in [0.29, 0.717) is 29.6 Å². The van der Waals surface area contributed by atoms with Gasteiger partial charge in [-0.15, -0.1) is 0 Å². The van der Waals surface area contributed by atoms with E-state index in [1.807, 2.05) is 0 Å². The van der Waals surface area contributed by atoms with E-state index in [2.05, 4.69) is 40.7 Å². The molecule has 4 aliphatic carbocycles. The van der Waals surface area contributed by atoms with E-state index >= 15 is 0 Å². The predicted molar refractivity (Wildman–Crippen MR) is 153 cm³/mol. The van der Waals surface area contributed by atoms with E-state index < -0.39 is 54.2 Å². The summed E-state index contributed by atoms with van der Waals surface area (Å²) in [6.07, 6.45) is 5.74. The molecule has 1 aliphatic heterocycles. The SMILES string of the molecule is CC(C)CCC[C@@H](C)[C@H]1CC[C@H]2[C@@H]3CC=C4C[C@@H](O)CC(C5(O)OC(CO)C(O)C(O)C5O)[C@@]4(C)[C@H]3CC[C@]12C. The third-order valence-corrected chi connectivity index (χ3v) is 12.9. The van der Waals surface area contributed by atoms with Gasteiger partial charge in [-0.25, -0.2) is 0 Å². The lowest BCUT2D eigenvalue weighted by molar-refractivity contribution is -0.384. The highest BCUT2D eigenvalue weighted by molar-refractivity contribution is 5.29. The van der Waals surface area contributed by atoms with Gasteiger partial charge in [-0.1, -0.05) is 65.5 Å². The molecule has 0 aromatic heterocycles. The fraction of sp³-hybridized carbons (Fsp3) is 0.939. The zero-order chi connectivity index (χ0) is 29.2. The Morgan fingerprint density at radius 2 is 1.70 bits per heavy atom. The molecule has 6 unspecified atom stereocenters. The lowest BCUT2D eigenvalue weighted by Crippen LogP contribution is -2.71. The summed E-state index contributed by atoms with van der Waals surface area (Å²) >= 11 is 0. The minimum absolute atomic E-state index is 0.225. The van der Waals surface area contributed by atoms with Crippen LogP contribution < -0.4 is 0 Å². The van der Waals surface area contributed by atoms with Gasteiger partial charge in [0.25, 0.3) is 0 Å². The van der Waals surface area contributed by atoms with E-state index in [4.69, 9.17) is 4.74 Å². The number of allylic oxidation sites excluding steroid dienone is 1. The Kier molecular flexibility index (Phi) is 8.64. The number of rotatable bonds is 7. The van der Waals surface area contributed by atoms with E-state index in [1.165, 1.54) is 32.1 Å². The third-order valence-electron chi connectivity index (χ3n) is 12.9. The van der Waals surface area contributed by atoms with Crippen LogP contribution in [0.2, 0.25) is 0 Å². The van der Waals surface area contributed by atoms with Crippen LogP contribution in [0.15, 0.2) is 11.6 Å². The summed E-state index contributed by atoms with van der Waals surface area (Å²) < 4.78 is 5.92. The second-order valence-electron chi connectivity index (χ2n) is 15.3. The Balaban J connectivity index is 1.44. The molecule has 5 aliphatic rings. The van der Waals surface area contributed by atoms with Gasteiger partial charge in [0, 0.05) is 5.92 Å². The number of fused-ring (bicyclic) bond motifs is 5. The molecule has 4 fully saturated rings. The van der Waals surface area contributed by atoms with Crippen molar-refractivity contribution in [2.45, 2.75) is 135 Å². The first kappa shape index (κ1) is 30.9. The Morgan fingerprint density at radius 1 is 0.975 bits per heavy atom.